The Balaban J connectivity index is 1.69. The molecule has 0 aromatic carbocycles. The number of nitrogens with zero attached hydrogens (tertiary/aromatic N) is 4. The normalized spacial score (nSPS) is 16.4. The van der Waals surface area contributed by atoms with Crippen LogP contribution < -0.4 is 5.32 Å². The molecule has 1 aliphatic heterocycles. The average Bonchev–Trinajstić information content (AvgIpc) is 3.06. The van der Waals surface area contributed by atoms with Crippen molar-refractivity contribution in [2.45, 2.75) is 45.8 Å². The zero-order valence-corrected chi connectivity index (χ0v) is 14.6. The van der Waals surface area contributed by atoms with Crippen LogP contribution in [0.2, 0.25) is 0 Å². The fraction of sp³-hybridized carbons (Fsp3) is 0.444. The summed E-state index contributed by atoms with van der Waals surface area (Å²) in [5.41, 5.74) is 1.17. The summed E-state index contributed by atoms with van der Waals surface area (Å²) >= 11 is 0. The van der Waals surface area contributed by atoms with Gasteiger partial charge in [-0.3, -0.25) is 14.6 Å². The minimum Gasteiger partial charge on any atom is -0.345 e. The first-order chi connectivity index (χ1) is 12.1. The second kappa shape index (κ2) is 7.46. The van der Waals surface area contributed by atoms with E-state index in [1.807, 2.05) is 41.5 Å². The van der Waals surface area contributed by atoms with Crippen LogP contribution in [0.3, 0.4) is 0 Å². The smallest absolute Gasteiger partial charge is 0.271 e. The molecule has 7 heteroatoms. The van der Waals surface area contributed by atoms with Crippen molar-refractivity contribution in [3.63, 3.8) is 0 Å². The number of hydrogen-bond donors (Lipinski definition) is 1. The Kier molecular flexibility index (Phi) is 5.11. The monoisotopic (exact) mass is 341 g/mol. The van der Waals surface area contributed by atoms with Gasteiger partial charge in [0.05, 0.1) is 18.3 Å². The molecule has 1 atom stereocenters. The Labute approximate surface area is 147 Å². The number of amides is 2. The van der Waals surface area contributed by atoms with Crippen molar-refractivity contribution in [2.75, 3.05) is 6.54 Å². The molecule has 7 nitrogen and oxygen atoms in total. The number of aromatic nitrogens is 3. The maximum atomic E-state index is 12.4. The van der Waals surface area contributed by atoms with Crippen molar-refractivity contribution in [3.05, 3.63) is 47.8 Å². The summed E-state index contributed by atoms with van der Waals surface area (Å²) in [5.74, 6) is 0.676. The lowest BCUT2D eigenvalue weighted by atomic mass is 10.2. The highest BCUT2D eigenvalue weighted by Gasteiger charge is 2.30. The van der Waals surface area contributed by atoms with Gasteiger partial charge in [-0.15, -0.1) is 0 Å². The molecule has 1 N–H and O–H groups in total. The molecule has 2 aromatic heterocycles. The number of fused-ring (bicyclic) bond motifs is 1. The summed E-state index contributed by atoms with van der Waals surface area (Å²) in [6, 6.07) is 5.46. The number of carbonyl (C=O) groups excluding carboxylic acids is 2. The summed E-state index contributed by atoms with van der Waals surface area (Å²) in [7, 11) is 0. The second-order valence-corrected chi connectivity index (χ2v) is 6.19. The van der Waals surface area contributed by atoms with Crippen molar-refractivity contribution in [1.29, 1.82) is 0 Å². The molecule has 0 aliphatic carbocycles. The zero-order valence-electron chi connectivity index (χ0n) is 14.6. The molecule has 0 radical (unpaired) electrons. The Bertz CT molecular complexity index is 756. The van der Waals surface area contributed by atoms with Crippen LogP contribution in [0.5, 0.6) is 0 Å². The predicted molar refractivity (Wildman–Crippen MR) is 92.7 cm³/mol. The van der Waals surface area contributed by atoms with E-state index in [0.29, 0.717) is 31.7 Å². The fourth-order valence-corrected chi connectivity index (χ4v) is 3.06. The largest absolute Gasteiger partial charge is 0.345 e. The summed E-state index contributed by atoms with van der Waals surface area (Å²) in [5, 5.41) is 2.84. The molecule has 0 saturated heterocycles. The molecule has 1 unspecified atom stereocenters. The van der Waals surface area contributed by atoms with Gasteiger partial charge < -0.3 is 14.8 Å². The highest BCUT2D eigenvalue weighted by atomic mass is 16.2. The number of hydrogen-bond acceptors (Lipinski definition) is 4. The van der Waals surface area contributed by atoms with Crippen LogP contribution in [-0.4, -0.2) is 37.8 Å². The first kappa shape index (κ1) is 17.1. The number of imidazole rings is 1. The predicted octanol–water partition coefficient (Wildman–Crippen LogP) is 1.91. The van der Waals surface area contributed by atoms with Crippen LogP contribution in [0.25, 0.3) is 0 Å². The topological polar surface area (TPSA) is 80.1 Å². The van der Waals surface area contributed by atoms with E-state index in [0.717, 1.165) is 17.9 Å². The van der Waals surface area contributed by atoms with Gasteiger partial charge in [-0.2, -0.15) is 0 Å². The first-order valence-electron chi connectivity index (χ1n) is 8.64. The molecular formula is C18H23N5O2. The summed E-state index contributed by atoms with van der Waals surface area (Å²) in [6.45, 7) is 5.63. The van der Waals surface area contributed by atoms with Crippen LogP contribution in [0.1, 0.15) is 54.7 Å². The Morgan fingerprint density at radius 1 is 1.32 bits per heavy atom. The van der Waals surface area contributed by atoms with Gasteiger partial charge in [0, 0.05) is 31.9 Å². The maximum absolute atomic E-state index is 12.4. The minimum absolute atomic E-state index is 0.120. The molecule has 0 spiro atoms. The third-order valence-corrected chi connectivity index (χ3v) is 4.40. The lowest BCUT2D eigenvalue weighted by molar-refractivity contribution is -0.134. The number of nitrogens with one attached hydrogen (secondary N) is 1. The van der Waals surface area contributed by atoms with Crippen molar-refractivity contribution in [1.82, 2.24) is 24.8 Å². The number of carbonyl (C=O) groups is 2. The van der Waals surface area contributed by atoms with Gasteiger partial charge in [-0.1, -0.05) is 13.0 Å². The fourth-order valence-electron chi connectivity index (χ4n) is 3.06. The minimum atomic E-state index is -0.230. The van der Waals surface area contributed by atoms with Crippen molar-refractivity contribution < 1.29 is 9.59 Å². The van der Waals surface area contributed by atoms with E-state index in [-0.39, 0.29) is 17.9 Å². The number of rotatable bonds is 5. The molecule has 3 heterocycles. The lowest BCUT2D eigenvalue weighted by Crippen LogP contribution is -2.40. The van der Waals surface area contributed by atoms with Gasteiger partial charge >= 0.3 is 0 Å². The highest BCUT2D eigenvalue weighted by Crippen LogP contribution is 2.25. The molecule has 2 amide bonds. The third-order valence-electron chi connectivity index (χ3n) is 4.40. The Morgan fingerprint density at radius 3 is 2.88 bits per heavy atom. The Morgan fingerprint density at radius 2 is 2.16 bits per heavy atom. The third kappa shape index (κ3) is 3.70. The van der Waals surface area contributed by atoms with Crippen LogP contribution in [0, 0.1) is 0 Å². The van der Waals surface area contributed by atoms with Crippen molar-refractivity contribution >= 4 is 11.8 Å². The van der Waals surface area contributed by atoms with E-state index >= 15 is 0 Å². The summed E-state index contributed by atoms with van der Waals surface area (Å²) in [4.78, 5) is 35.1. The van der Waals surface area contributed by atoms with Gasteiger partial charge in [0.1, 0.15) is 11.5 Å². The van der Waals surface area contributed by atoms with Crippen molar-refractivity contribution in [2.24, 2.45) is 0 Å². The van der Waals surface area contributed by atoms with E-state index < -0.39 is 0 Å². The molecule has 0 saturated carbocycles. The average molecular weight is 341 g/mol. The van der Waals surface area contributed by atoms with Gasteiger partial charge in [0.25, 0.3) is 5.91 Å². The highest BCUT2D eigenvalue weighted by molar-refractivity contribution is 5.92. The molecule has 132 valence electrons. The van der Waals surface area contributed by atoms with E-state index in [2.05, 4.69) is 15.3 Å². The van der Waals surface area contributed by atoms with E-state index in [1.165, 1.54) is 0 Å². The Hall–Kier alpha value is -2.70. The van der Waals surface area contributed by atoms with Crippen LogP contribution >= 0.6 is 0 Å². The molecule has 0 bridgehead atoms. The van der Waals surface area contributed by atoms with Gasteiger partial charge in [0.2, 0.25) is 5.91 Å². The van der Waals surface area contributed by atoms with Crippen molar-refractivity contribution in [3.8, 4) is 0 Å². The van der Waals surface area contributed by atoms with Crippen LogP contribution in [-0.2, 0) is 17.9 Å². The second-order valence-electron chi connectivity index (χ2n) is 6.19. The molecular weight excluding hydrogens is 318 g/mol. The van der Waals surface area contributed by atoms with E-state index in [4.69, 9.17) is 0 Å². The van der Waals surface area contributed by atoms with Gasteiger partial charge in [-0.25, -0.2) is 4.98 Å². The summed E-state index contributed by atoms with van der Waals surface area (Å²) < 4.78 is 1.97. The van der Waals surface area contributed by atoms with E-state index in [9.17, 15) is 9.59 Å². The lowest BCUT2D eigenvalue weighted by Gasteiger charge is -2.33. The van der Waals surface area contributed by atoms with Crippen LogP contribution in [0.4, 0.5) is 0 Å². The van der Waals surface area contributed by atoms with E-state index in [1.54, 1.807) is 12.4 Å². The quantitative estimate of drug-likeness (QED) is 0.901. The van der Waals surface area contributed by atoms with Crippen LogP contribution in [0.15, 0.2) is 30.6 Å². The van der Waals surface area contributed by atoms with Gasteiger partial charge in [0.15, 0.2) is 0 Å². The SMILES string of the molecule is CCCC(=O)N1CCn2cc(C(=O)NCc3ccccn3)nc2C1C. The molecule has 0 fully saturated rings. The number of pyridine rings is 1. The maximum Gasteiger partial charge on any atom is 0.271 e. The zero-order chi connectivity index (χ0) is 17.8. The molecule has 3 rings (SSSR count). The first-order valence-corrected chi connectivity index (χ1v) is 8.64. The molecule has 25 heavy (non-hydrogen) atoms. The summed E-state index contributed by atoms with van der Waals surface area (Å²) in [6.07, 6.45) is 4.84. The van der Waals surface area contributed by atoms with Gasteiger partial charge in [-0.05, 0) is 25.5 Å². The standard InChI is InChI=1S/C18H23N5O2/c1-3-6-16(24)23-10-9-22-12-15(21-17(22)13(23)2)18(25)20-11-14-7-4-5-8-19-14/h4-5,7-8,12-13H,3,6,9-11H2,1-2H3,(H,20,25). The molecule has 1 aliphatic rings. The molecule has 2 aromatic rings.